The van der Waals surface area contributed by atoms with E-state index in [4.69, 9.17) is 4.12 Å². The number of benzene rings is 2. The summed E-state index contributed by atoms with van der Waals surface area (Å²) in [6.07, 6.45) is 0. The predicted molar refractivity (Wildman–Crippen MR) is 103 cm³/mol. The van der Waals surface area contributed by atoms with Gasteiger partial charge in [0.2, 0.25) is 8.32 Å². The van der Waals surface area contributed by atoms with Gasteiger partial charge in [0.25, 0.3) is 0 Å². The monoisotopic (exact) mass is 328 g/mol. The maximum atomic E-state index is 6.68. The molecule has 0 bridgehead atoms. The van der Waals surface area contributed by atoms with Gasteiger partial charge in [-0.2, -0.15) is 0 Å². The first-order valence-electron chi connectivity index (χ1n) is 8.03. The van der Waals surface area contributed by atoms with Gasteiger partial charge in [-0.3, -0.25) is 0 Å². The maximum absolute atomic E-state index is 6.68. The molecule has 3 heteroatoms. The Labute approximate surface area is 138 Å². The Hall–Kier alpha value is -1.17. The molecule has 0 heterocycles. The van der Waals surface area contributed by atoms with Crippen molar-refractivity contribution in [2.45, 2.75) is 47.3 Å². The molecule has 22 heavy (non-hydrogen) atoms. The van der Waals surface area contributed by atoms with Crippen LogP contribution in [0.3, 0.4) is 0 Å². The van der Waals surface area contributed by atoms with Crippen molar-refractivity contribution in [2.75, 3.05) is 0 Å². The summed E-state index contributed by atoms with van der Waals surface area (Å²) in [5, 5.41) is 2.81. The van der Waals surface area contributed by atoms with Crippen molar-refractivity contribution in [2.24, 2.45) is 0 Å². The highest BCUT2D eigenvalue weighted by atomic mass is 28.4. The zero-order valence-corrected chi connectivity index (χ0v) is 17.1. The summed E-state index contributed by atoms with van der Waals surface area (Å²) < 4.78 is 6.68. The summed E-state index contributed by atoms with van der Waals surface area (Å²) in [6, 6.07) is 13.6. The lowest BCUT2D eigenvalue weighted by Crippen LogP contribution is -2.51. The van der Waals surface area contributed by atoms with E-state index in [2.05, 4.69) is 83.7 Å². The Kier molecular flexibility index (Phi) is 5.10. The first kappa shape index (κ1) is 17.2. The first-order valence-corrected chi connectivity index (χ1v) is 13.1. The van der Waals surface area contributed by atoms with Crippen LogP contribution in [0.1, 0.15) is 22.3 Å². The van der Waals surface area contributed by atoms with Gasteiger partial charge in [-0.25, -0.2) is 0 Å². The van der Waals surface area contributed by atoms with Crippen LogP contribution in [0, 0.1) is 27.7 Å². The summed E-state index contributed by atoms with van der Waals surface area (Å²) >= 11 is 0. The molecule has 118 valence electrons. The molecule has 0 saturated carbocycles. The molecule has 0 N–H and O–H groups in total. The maximum Gasteiger partial charge on any atom is 0.205 e. The fraction of sp³-hybridized carbons (Fsp3) is 0.368. The molecule has 2 rings (SSSR count). The SMILES string of the molecule is Cc1ccc([SiH](C)O[Si](C)(C)c2ccc(C)c(C)c2)cc1C. The van der Waals surface area contributed by atoms with Crippen molar-refractivity contribution in [1.82, 2.24) is 0 Å². The third-order valence-corrected chi connectivity index (χ3v) is 11.4. The summed E-state index contributed by atoms with van der Waals surface area (Å²) in [7, 11) is -3.22. The van der Waals surface area contributed by atoms with Crippen LogP contribution in [-0.2, 0) is 4.12 Å². The zero-order chi connectivity index (χ0) is 16.5. The van der Waals surface area contributed by atoms with Crippen LogP contribution in [0.2, 0.25) is 19.6 Å². The van der Waals surface area contributed by atoms with Crippen molar-refractivity contribution < 1.29 is 4.12 Å². The van der Waals surface area contributed by atoms with Crippen LogP contribution in [0.5, 0.6) is 0 Å². The number of hydrogen-bond donors (Lipinski definition) is 0. The second kappa shape index (κ2) is 6.53. The van der Waals surface area contributed by atoms with Gasteiger partial charge in [0.05, 0.1) is 0 Å². The normalized spacial score (nSPS) is 13.2. The Morgan fingerprint density at radius 1 is 0.773 bits per heavy atom. The molecule has 0 aliphatic rings. The second-order valence-electron chi connectivity index (χ2n) is 6.91. The molecule has 1 nitrogen and oxygen atoms in total. The summed E-state index contributed by atoms with van der Waals surface area (Å²) in [5.41, 5.74) is 5.44. The van der Waals surface area contributed by atoms with E-state index in [1.807, 2.05) is 0 Å². The lowest BCUT2D eigenvalue weighted by molar-refractivity contribution is 0.596. The molecule has 2 aromatic rings. The van der Waals surface area contributed by atoms with Gasteiger partial charge >= 0.3 is 0 Å². The number of rotatable bonds is 4. The van der Waals surface area contributed by atoms with Crippen molar-refractivity contribution in [3.8, 4) is 0 Å². The largest absolute Gasteiger partial charge is 0.451 e. The lowest BCUT2D eigenvalue weighted by atomic mass is 10.1. The van der Waals surface area contributed by atoms with Crippen molar-refractivity contribution in [1.29, 1.82) is 0 Å². The van der Waals surface area contributed by atoms with Crippen LogP contribution in [0.4, 0.5) is 0 Å². The number of aryl methyl sites for hydroxylation is 4. The van der Waals surface area contributed by atoms with Gasteiger partial charge in [-0.1, -0.05) is 36.4 Å². The van der Waals surface area contributed by atoms with Crippen LogP contribution in [0.15, 0.2) is 36.4 Å². The zero-order valence-electron chi connectivity index (χ0n) is 14.9. The summed E-state index contributed by atoms with van der Waals surface area (Å²) in [4.78, 5) is 0. The fourth-order valence-corrected chi connectivity index (χ4v) is 9.24. The molecule has 0 aliphatic carbocycles. The van der Waals surface area contributed by atoms with Gasteiger partial charge in [0.15, 0.2) is 9.04 Å². The van der Waals surface area contributed by atoms with Gasteiger partial charge in [0.1, 0.15) is 0 Å². The molecule has 0 fully saturated rings. The molecule has 0 saturated heterocycles. The van der Waals surface area contributed by atoms with E-state index >= 15 is 0 Å². The van der Waals surface area contributed by atoms with E-state index in [9.17, 15) is 0 Å². The van der Waals surface area contributed by atoms with E-state index in [1.165, 1.54) is 32.6 Å². The van der Waals surface area contributed by atoms with Crippen molar-refractivity contribution >= 4 is 27.7 Å². The summed E-state index contributed by atoms with van der Waals surface area (Å²) in [5.74, 6) is 0. The minimum absolute atomic E-state index is 1.35. The average molecular weight is 329 g/mol. The van der Waals surface area contributed by atoms with Gasteiger partial charge in [-0.15, -0.1) is 0 Å². The molecular formula is C19H28OSi2. The Bertz CT molecular complexity index is 677. The third kappa shape index (κ3) is 3.78. The smallest absolute Gasteiger partial charge is 0.205 e. The Morgan fingerprint density at radius 2 is 1.32 bits per heavy atom. The molecule has 1 unspecified atom stereocenters. The highest BCUT2D eigenvalue weighted by Gasteiger charge is 2.28. The van der Waals surface area contributed by atoms with Gasteiger partial charge in [0, 0.05) is 0 Å². The van der Waals surface area contributed by atoms with Crippen molar-refractivity contribution in [3.05, 3.63) is 58.7 Å². The third-order valence-electron chi connectivity index (χ3n) is 4.67. The van der Waals surface area contributed by atoms with E-state index in [1.54, 1.807) is 0 Å². The van der Waals surface area contributed by atoms with Gasteiger partial charge < -0.3 is 4.12 Å². The fourth-order valence-electron chi connectivity index (χ4n) is 2.71. The highest BCUT2D eigenvalue weighted by Crippen LogP contribution is 2.12. The predicted octanol–water partition coefficient (Wildman–Crippen LogP) is 3.61. The minimum atomic E-state index is -1.85. The molecule has 0 radical (unpaired) electrons. The number of hydrogen-bond acceptors (Lipinski definition) is 1. The second-order valence-corrected chi connectivity index (χ2v) is 13.4. The van der Waals surface area contributed by atoms with Crippen LogP contribution in [-0.4, -0.2) is 17.4 Å². The molecule has 0 amide bonds. The first-order chi connectivity index (χ1) is 10.2. The van der Waals surface area contributed by atoms with Gasteiger partial charge in [-0.05, 0) is 80.0 Å². The van der Waals surface area contributed by atoms with Crippen LogP contribution >= 0.6 is 0 Å². The molecule has 2 aromatic carbocycles. The quantitative estimate of drug-likeness (QED) is 0.779. The standard InChI is InChI=1S/C19H28OSi2/c1-14-8-10-18(12-16(14)3)21(5)20-22(6,7)19-11-9-15(2)17(4)13-19/h8-13,21H,1-7H3. The highest BCUT2D eigenvalue weighted by molar-refractivity contribution is 6.90. The van der Waals surface area contributed by atoms with E-state index < -0.39 is 17.4 Å². The topological polar surface area (TPSA) is 9.23 Å². The van der Waals surface area contributed by atoms with Crippen LogP contribution < -0.4 is 10.4 Å². The molecule has 0 aromatic heterocycles. The Balaban J connectivity index is 2.22. The minimum Gasteiger partial charge on any atom is -0.451 e. The molecule has 0 aliphatic heterocycles. The van der Waals surface area contributed by atoms with E-state index in [0.717, 1.165) is 0 Å². The van der Waals surface area contributed by atoms with E-state index in [0.29, 0.717) is 0 Å². The Morgan fingerprint density at radius 3 is 1.86 bits per heavy atom. The molecule has 0 spiro atoms. The molecule has 1 atom stereocenters. The van der Waals surface area contributed by atoms with Crippen molar-refractivity contribution in [3.63, 3.8) is 0 Å². The summed E-state index contributed by atoms with van der Waals surface area (Å²) in [6.45, 7) is 15.7. The van der Waals surface area contributed by atoms with Crippen LogP contribution in [0.25, 0.3) is 0 Å². The molecular weight excluding hydrogens is 300 g/mol. The average Bonchev–Trinajstić information content (AvgIpc) is 2.44. The lowest BCUT2D eigenvalue weighted by Gasteiger charge is -2.28. The van der Waals surface area contributed by atoms with E-state index in [-0.39, 0.29) is 0 Å².